The molecule has 2 aromatic rings. The van der Waals surface area contributed by atoms with Gasteiger partial charge in [-0.05, 0) is 30.2 Å². The zero-order chi connectivity index (χ0) is 18.1. The van der Waals surface area contributed by atoms with Gasteiger partial charge in [0, 0.05) is 10.6 Å². The number of rotatable bonds is 1. The third kappa shape index (κ3) is 2.75. The van der Waals surface area contributed by atoms with Crippen molar-refractivity contribution in [2.24, 2.45) is 4.99 Å². The van der Waals surface area contributed by atoms with Crippen molar-refractivity contribution in [3.8, 4) is 12.3 Å². The first-order chi connectivity index (χ1) is 12.0. The highest BCUT2D eigenvalue weighted by Gasteiger charge is 2.30. The summed E-state index contributed by atoms with van der Waals surface area (Å²) >= 11 is 6.03. The van der Waals surface area contributed by atoms with Crippen LogP contribution in [0.5, 0.6) is 0 Å². The summed E-state index contributed by atoms with van der Waals surface area (Å²) < 4.78 is 0. The Hall–Kier alpha value is -3.49. The van der Waals surface area contributed by atoms with Gasteiger partial charge in [0.1, 0.15) is 29.3 Å². The third-order valence-corrected chi connectivity index (χ3v) is 4.12. The molecule has 0 saturated heterocycles. The van der Waals surface area contributed by atoms with Crippen molar-refractivity contribution in [3.05, 3.63) is 45.5 Å². The van der Waals surface area contributed by atoms with E-state index in [9.17, 15) is 5.26 Å². The number of nitriles is 2. The number of aromatic nitrogens is 1. The number of hydrogen-bond donors (Lipinski definition) is 4. The number of nitrogens with one attached hydrogen (secondary N) is 2. The summed E-state index contributed by atoms with van der Waals surface area (Å²) in [4.78, 5) is 8.71. The lowest BCUT2D eigenvalue weighted by atomic mass is 9.92. The van der Waals surface area contributed by atoms with Crippen LogP contribution in [0.1, 0.15) is 28.3 Å². The van der Waals surface area contributed by atoms with Gasteiger partial charge in [-0.15, -0.1) is 0 Å². The quantitative estimate of drug-likeness (QED) is 0.453. The Morgan fingerprint density at radius 3 is 2.72 bits per heavy atom. The molecule has 1 aliphatic heterocycles. The first-order valence-electron chi connectivity index (χ1n) is 7.21. The van der Waals surface area contributed by atoms with Crippen molar-refractivity contribution in [2.75, 3.05) is 16.8 Å². The maximum Gasteiger partial charge on any atom is 0.211 e. The van der Waals surface area contributed by atoms with Crippen LogP contribution in [0.4, 0.5) is 17.3 Å². The van der Waals surface area contributed by atoms with Crippen LogP contribution in [0, 0.1) is 29.7 Å². The van der Waals surface area contributed by atoms with E-state index in [1.165, 1.54) is 0 Å². The van der Waals surface area contributed by atoms with Crippen molar-refractivity contribution in [2.45, 2.75) is 13.0 Å². The molecule has 1 atom stereocenters. The fourth-order valence-electron chi connectivity index (χ4n) is 2.75. The molecule has 9 heteroatoms. The van der Waals surface area contributed by atoms with Crippen LogP contribution < -0.4 is 22.1 Å². The number of aliphatic imine (C=N–C) groups is 1. The molecule has 0 saturated carbocycles. The van der Waals surface area contributed by atoms with Crippen LogP contribution in [0.3, 0.4) is 0 Å². The molecule has 8 nitrogen and oxygen atoms in total. The predicted octanol–water partition coefficient (Wildman–Crippen LogP) is 2.02. The monoisotopic (exact) mass is 352 g/mol. The Morgan fingerprint density at radius 1 is 1.32 bits per heavy atom. The molecule has 1 aromatic heterocycles. The van der Waals surface area contributed by atoms with E-state index in [4.69, 9.17) is 28.3 Å². The SMILES string of the molecule is Cc1cc(Cl)ccc1C1N=C(NC#N)Nc2nc(N)c(C#N)c(N)c21. The average Bonchev–Trinajstić information content (AvgIpc) is 2.54. The number of pyridine rings is 1. The molecule has 124 valence electrons. The molecule has 1 unspecified atom stereocenters. The van der Waals surface area contributed by atoms with Crippen LogP contribution in [0.2, 0.25) is 5.02 Å². The Balaban J connectivity index is 2.28. The van der Waals surface area contributed by atoms with E-state index in [1.54, 1.807) is 12.1 Å². The van der Waals surface area contributed by atoms with Gasteiger partial charge in [-0.2, -0.15) is 10.5 Å². The van der Waals surface area contributed by atoms with Crippen molar-refractivity contribution >= 4 is 34.9 Å². The molecule has 0 radical (unpaired) electrons. The summed E-state index contributed by atoms with van der Waals surface area (Å²) in [5.74, 6) is 0.572. The topological polar surface area (TPSA) is 149 Å². The summed E-state index contributed by atoms with van der Waals surface area (Å²) in [6.07, 6.45) is 1.81. The lowest BCUT2D eigenvalue weighted by Crippen LogP contribution is -2.33. The van der Waals surface area contributed by atoms with Crippen molar-refractivity contribution in [3.63, 3.8) is 0 Å². The summed E-state index contributed by atoms with van der Waals surface area (Å²) in [6.45, 7) is 1.89. The van der Waals surface area contributed by atoms with Gasteiger partial charge in [-0.1, -0.05) is 17.7 Å². The molecule has 0 aliphatic carbocycles. The molecule has 0 spiro atoms. The third-order valence-electron chi connectivity index (χ3n) is 3.88. The first kappa shape index (κ1) is 16.4. The summed E-state index contributed by atoms with van der Waals surface area (Å²) in [7, 11) is 0. The van der Waals surface area contributed by atoms with E-state index in [0.29, 0.717) is 16.4 Å². The van der Waals surface area contributed by atoms with Crippen LogP contribution in [0.25, 0.3) is 0 Å². The van der Waals surface area contributed by atoms with Gasteiger partial charge >= 0.3 is 0 Å². The average molecular weight is 353 g/mol. The number of nitrogens with zero attached hydrogens (tertiary/aromatic N) is 4. The molecular formula is C16H13ClN8. The van der Waals surface area contributed by atoms with Gasteiger partial charge in [0.15, 0.2) is 6.19 Å². The number of nitrogen functional groups attached to an aromatic ring is 2. The van der Waals surface area contributed by atoms with Crippen molar-refractivity contribution < 1.29 is 0 Å². The van der Waals surface area contributed by atoms with Gasteiger partial charge in [0.05, 0.1) is 5.69 Å². The fourth-order valence-corrected chi connectivity index (χ4v) is 2.98. The van der Waals surface area contributed by atoms with E-state index in [0.717, 1.165) is 11.1 Å². The molecule has 2 heterocycles. The highest BCUT2D eigenvalue weighted by molar-refractivity contribution is 6.30. The number of aryl methyl sites for hydroxylation is 1. The zero-order valence-corrected chi connectivity index (χ0v) is 13.9. The van der Waals surface area contributed by atoms with Crippen molar-refractivity contribution in [1.29, 1.82) is 10.5 Å². The largest absolute Gasteiger partial charge is 0.397 e. The summed E-state index contributed by atoms with van der Waals surface area (Å²) in [5.41, 5.74) is 14.5. The van der Waals surface area contributed by atoms with Gasteiger partial charge in [-0.3, -0.25) is 5.32 Å². The number of anilines is 3. The highest BCUT2D eigenvalue weighted by Crippen LogP contribution is 2.41. The molecule has 1 aliphatic rings. The Labute approximate surface area is 148 Å². The van der Waals surface area contributed by atoms with E-state index < -0.39 is 6.04 Å². The maximum absolute atomic E-state index is 9.31. The predicted molar refractivity (Wildman–Crippen MR) is 95.6 cm³/mol. The van der Waals surface area contributed by atoms with Crippen LogP contribution in [0.15, 0.2) is 23.2 Å². The molecule has 0 amide bonds. The minimum Gasteiger partial charge on any atom is -0.397 e. The van der Waals surface area contributed by atoms with E-state index in [1.807, 2.05) is 25.3 Å². The second kappa shape index (κ2) is 6.19. The number of benzene rings is 1. The lowest BCUT2D eigenvalue weighted by Gasteiger charge is -2.27. The number of fused-ring (bicyclic) bond motifs is 1. The molecule has 1 aromatic carbocycles. The van der Waals surface area contributed by atoms with Crippen molar-refractivity contribution in [1.82, 2.24) is 10.3 Å². The second-order valence-electron chi connectivity index (χ2n) is 5.40. The van der Waals surface area contributed by atoms with Crippen LogP contribution in [-0.4, -0.2) is 10.9 Å². The Bertz CT molecular complexity index is 983. The zero-order valence-electron chi connectivity index (χ0n) is 13.1. The molecule has 25 heavy (non-hydrogen) atoms. The minimum absolute atomic E-state index is 0.0102. The van der Waals surface area contributed by atoms with E-state index in [-0.39, 0.29) is 23.0 Å². The molecule has 6 N–H and O–H groups in total. The fraction of sp³-hybridized carbons (Fsp3) is 0.125. The number of nitrogens with two attached hydrogens (primary N) is 2. The summed E-state index contributed by atoms with van der Waals surface area (Å²) in [5, 5.41) is 24.1. The van der Waals surface area contributed by atoms with Crippen LogP contribution in [-0.2, 0) is 0 Å². The van der Waals surface area contributed by atoms with E-state index >= 15 is 0 Å². The summed E-state index contributed by atoms with van der Waals surface area (Å²) in [6, 6.07) is 6.77. The molecule has 0 fully saturated rings. The smallest absolute Gasteiger partial charge is 0.211 e. The standard InChI is InChI=1S/C16H13ClN8/c1-7-4-8(17)2-3-9(7)13-11-12(20)10(5-18)14(21)24-15(11)25-16(23-13)22-6-19/h2-4,13H,1H3,(H6,20,21,22,23,24,25). The maximum atomic E-state index is 9.31. The van der Waals surface area contributed by atoms with Gasteiger partial charge < -0.3 is 16.8 Å². The molecular weight excluding hydrogens is 340 g/mol. The Kier molecular flexibility index (Phi) is 4.05. The Morgan fingerprint density at radius 2 is 2.08 bits per heavy atom. The first-order valence-corrected chi connectivity index (χ1v) is 7.59. The molecule has 0 bridgehead atoms. The minimum atomic E-state index is -0.565. The number of hydrogen-bond acceptors (Lipinski definition) is 8. The second-order valence-corrected chi connectivity index (χ2v) is 5.84. The van der Waals surface area contributed by atoms with Gasteiger partial charge in [0.25, 0.3) is 0 Å². The lowest BCUT2D eigenvalue weighted by molar-refractivity contribution is 0.839. The normalized spacial score (nSPS) is 15.2. The highest BCUT2D eigenvalue weighted by atomic mass is 35.5. The number of halogens is 1. The van der Waals surface area contributed by atoms with Gasteiger partial charge in [-0.25, -0.2) is 9.98 Å². The van der Waals surface area contributed by atoms with Crippen LogP contribution >= 0.6 is 11.6 Å². The van der Waals surface area contributed by atoms with E-state index in [2.05, 4.69) is 20.6 Å². The van der Waals surface area contributed by atoms with Gasteiger partial charge in [0.2, 0.25) is 5.96 Å². The number of guanidine groups is 1. The molecule has 3 rings (SSSR count).